The molecule has 0 saturated heterocycles. The molecule has 2 saturated carbocycles. The minimum absolute atomic E-state index is 0.141. The summed E-state index contributed by atoms with van der Waals surface area (Å²) in [7, 11) is 0. The third-order valence-electron chi connectivity index (χ3n) is 7.06. The summed E-state index contributed by atoms with van der Waals surface area (Å²) in [5.41, 5.74) is -1.32. The number of hydrogen-bond acceptors (Lipinski definition) is 3. The van der Waals surface area contributed by atoms with Crippen molar-refractivity contribution < 1.29 is 9.53 Å². The second-order valence-corrected chi connectivity index (χ2v) is 8.77. The number of hydrogen-bond donors (Lipinski definition) is 0. The molecule has 0 radical (unpaired) electrons. The fraction of sp³-hybridized carbons (Fsp3) is 0.905. The fourth-order valence-electron chi connectivity index (χ4n) is 5.52. The Labute approximate surface area is 148 Å². The zero-order valence-electron chi connectivity index (χ0n) is 16.2. The average Bonchev–Trinajstić information content (AvgIpc) is 3.21. The predicted octanol–water partition coefficient (Wildman–Crippen LogP) is 5.49. The van der Waals surface area contributed by atoms with E-state index in [2.05, 4.69) is 26.8 Å². The molecular formula is C21H35NO2. The van der Waals surface area contributed by atoms with Gasteiger partial charge in [0.2, 0.25) is 0 Å². The molecule has 2 aliphatic carbocycles. The van der Waals surface area contributed by atoms with Crippen molar-refractivity contribution in [3.63, 3.8) is 0 Å². The summed E-state index contributed by atoms with van der Waals surface area (Å²) >= 11 is 0. The zero-order valence-corrected chi connectivity index (χ0v) is 16.2. The monoisotopic (exact) mass is 333 g/mol. The summed E-state index contributed by atoms with van der Waals surface area (Å²) in [6, 6.07) is 2.59. The first-order valence-electron chi connectivity index (χ1n) is 9.93. The van der Waals surface area contributed by atoms with Gasteiger partial charge < -0.3 is 4.74 Å². The van der Waals surface area contributed by atoms with Crippen LogP contribution in [0.3, 0.4) is 0 Å². The highest BCUT2D eigenvalue weighted by atomic mass is 16.5. The zero-order chi connectivity index (χ0) is 18.0. The van der Waals surface area contributed by atoms with Crippen LogP contribution in [-0.4, -0.2) is 12.1 Å². The molecule has 2 atom stereocenters. The molecule has 0 spiro atoms. The highest BCUT2D eigenvalue weighted by Crippen LogP contribution is 2.61. The molecule has 24 heavy (non-hydrogen) atoms. The molecule has 0 aliphatic heterocycles. The first-order valence-corrected chi connectivity index (χ1v) is 9.93. The molecular weight excluding hydrogens is 298 g/mol. The van der Waals surface area contributed by atoms with Crippen LogP contribution in [0.1, 0.15) is 86.0 Å². The standard InChI is InChI=1S/C21H35NO2/c1-15(2)20(5,17-10-6-7-11-17)21(14-22,18-12-8-9-13-18)19(23)24-16(3)4/h15-18H,6-13H2,1-5H3. The number of ether oxygens (including phenoxy) is 1. The highest BCUT2D eigenvalue weighted by Gasteiger charge is 2.64. The summed E-state index contributed by atoms with van der Waals surface area (Å²) in [5.74, 6) is 0.606. The maximum absolute atomic E-state index is 13.4. The third-order valence-corrected chi connectivity index (χ3v) is 7.06. The van der Waals surface area contributed by atoms with Crippen LogP contribution in [0, 0.1) is 39.9 Å². The van der Waals surface area contributed by atoms with Gasteiger partial charge in [-0.25, -0.2) is 0 Å². The molecule has 2 aliphatic rings. The van der Waals surface area contributed by atoms with E-state index in [4.69, 9.17) is 4.74 Å². The summed E-state index contributed by atoms with van der Waals surface area (Å²) < 4.78 is 5.71. The lowest BCUT2D eigenvalue weighted by molar-refractivity contribution is -0.176. The second-order valence-electron chi connectivity index (χ2n) is 8.77. The Kier molecular flexibility index (Phi) is 6.00. The molecule has 0 aromatic rings. The Bertz CT molecular complexity index is 481. The van der Waals surface area contributed by atoms with E-state index in [9.17, 15) is 10.1 Å². The SMILES string of the molecule is CC(C)OC(=O)C(C#N)(C1CCCC1)C(C)(C(C)C)C1CCCC1. The van der Waals surface area contributed by atoms with Crippen LogP contribution in [0.5, 0.6) is 0 Å². The maximum Gasteiger partial charge on any atom is 0.327 e. The van der Waals surface area contributed by atoms with Crippen LogP contribution in [0.15, 0.2) is 0 Å². The molecule has 0 N–H and O–H groups in total. The molecule has 0 heterocycles. The van der Waals surface area contributed by atoms with Crippen LogP contribution < -0.4 is 0 Å². The van der Waals surface area contributed by atoms with Gasteiger partial charge in [0.1, 0.15) is 0 Å². The first kappa shape index (κ1) is 19.3. The van der Waals surface area contributed by atoms with E-state index in [1.165, 1.54) is 12.8 Å². The van der Waals surface area contributed by atoms with Crippen molar-refractivity contribution in [2.45, 2.75) is 92.1 Å². The van der Waals surface area contributed by atoms with E-state index in [0.29, 0.717) is 5.92 Å². The molecule has 0 amide bonds. The van der Waals surface area contributed by atoms with Crippen molar-refractivity contribution in [3.05, 3.63) is 0 Å². The van der Waals surface area contributed by atoms with Crippen LogP contribution >= 0.6 is 0 Å². The normalized spacial score (nSPS) is 24.8. The van der Waals surface area contributed by atoms with Gasteiger partial charge >= 0.3 is 5.97 Å². The minimum atomic E-state index is -1.00. The Balaban J connectivity index is 2.56. The number of carbonyl (C=O) groups excluding carboxylic acids is 1. The number of esters is 1. The van der Waals surface area contributed by atoms with Gasteiger partial charge in [-0.3, -0.25) is 4.79 Å². The molecule has 3 nitrogen and oxygen atoms in total. The summed E-state index contributed by atoms with van der Waals surface area (Å²) in [6.45, 7) is 10.4. The highest BCUT2D eigenvalue weighted by molar-refractivity contribution is 5.82. The summed E-state index contributed by atoms with van der Waals surface area (Å²) in [5, 5.41) is 10.4. The molecule has 0 bridgehead atoms. The van der Waals surface area contributed by atoms with Gasteiger partial charge in [0.15, 0.2) is 5.41 Å². The van der Waals surface area contributed by atoms with Gasteiger partial charge in [-0.2, -0.15) is 5.26 Å². The van der Waals surface area contributed by atoms with Gasteiger partial charge in [0, 0.05) is 5.41 Å². The van der Waals surface area contributed by atoms with Gasteiger partial charge in [0.05, 0.1) is 12.2 Å². The van der Waals surface area contributed by atoms with Crippen molar-refractivity contribution in [3.8, 4) is 6.07 Å². The lowest BCUT2D eigenvalue weighted by Crippen LogP contribution is -2.56. The quantitative estimate of drug-likeness (QED) is 0.604. The van der Waals surface area contributed by atoms with Crippen molar-refractivity contribution >= 4 is 5.97 Å². The predicted molar refractivity (Wildman–Crippen MR) is 96.1 cm³/mol. The Morgan fingerprint density at radius 3 is 1.83 bits per heavy atom. The molecule has 3 heteroatoms. The van der Waals surface area contributed by atoms with E-state index in [0.717, 1.165) is 38.5 Å². The van der Waals surface area contributed by atoms with E-state index in [-0.39, 0.29) is 29.3 Å². The first-order chi connectivity index (χ1) is 11.3. The Hall–Kier alpha value is -1.04. The van der Waals surface area contributed by atoms with Crippen molar-refractivity contribution in [2.75, 3.05) is 0 Å². The summed E-state index contributed by atoms with van der Waals surface area (Å²) in [4.78, 5) is 13.4. The van der Waals surface area contributed by atoms with Crippen molar-refractivity contribution in [1.29, 1.82) is 5.26 Å². The van der Waals surface area contributed by atoms with Crippen LogP contribution in [0.4, 0.5) is 0 Å². The van der Waals surface area contributed by atoms with Gasteiger partial charge in [-0.1, -0.05) is 46.5 Å². The lowest BCUT2D eigenvalue weighted by Gasteiger charge is -2.52. The number of rotatable bonds is 6. The van der Waals surface area contributed by atoms with Crippen LogP contribution in [0.2, 0.25) is 0 Å². The van der Waals surface area contributed by atoms with Gasteiger partial charge in [0.25, 0.3) is 0 Å². The topological polar surface area (TPSA) is 50.1 Å². The largest absolute Gasteiger partial charge is 0.462 e. The van der Waals surface area contributed by atoms with Gasteiger partial charge in [-0.15, -0.1) is 0 Å². The number of carbonyl (C=O) groups is 1. The molecule has 0 aromatic carbocycles. The van der Waals surface area contributed by atoms with Crippen LogP contribution in [0.25, 0.3) is 0 Å². The molecule has 136 valence electrons. The number of nitriles is 1. The molecule has 2 unspecified atom stereocenters. The molecule has 2 rings (SSSR count). The number of nitrogens with zero attached hydrogens (tertiary/aromatic N) is 1. The van der Waals surface area contributed by atoms with E-state index in [1.54, 1.807) is 0 Å². The molecule has 2 fully saturated rings. The minimum Gasteiger partial charge on any atom is -0.462 e. The Morgan fingerprint density at radius 1 is 1.00 bits per heavy atom. The van der Waals surface area contributed by atoms with Gasteiger partial charge in [-0.05, 0) is 57.3 Å². The lowest BCUT2D eigenvalue weighted by atomic mass is 9.49. The third kappa shape index (κ3) is 2.98. The fourth-order valence-corrected chi connectivity index (χ4v) is 5.52. The second kappa shape index (κ2) is 7.46. The van der Waals surface area contributed by atoms with Crippen molar-refractivity contribution in [1.82, 2.24) is 0 Å². The smallest absolute Gasteiger partial charge is 0.327 e. The average molecular weight is 334 g/mol. The van der Waals surface area contributed by atoms with Crippen molar-refractivity contribution in [2.24, 2.45) is 28.6 Å². The van der Waals surface area contributed by atoms with E-state index in [1.807, 2.05) is 13.8 Å². The van der Waals surface area contributed by atoms with E-state index < -0.39 is 5.41 Å². The Morgan fingerprint density at radius 2 is 1.46 bits per heavy atom. The van der Waals surface area contributed by atoms with Crippen LogP contribution in [-0.2, 0) is 9.53 Å². The van der Waals surface area contributed by atoms with E-state index >= 15 is 0 Å². The summed E-state index contributed by atoms with van der Waals surface area (Å²) in [6.07, 6.45) is 8.76. The maximum atomic E-state index is 13.4. The molecule has 0 aromatic heterocycles.